The van der Waals surface area contributed by atoms with Gasteiger partial charge in [-0.3, -0.25) is 24.0 Å². The molecule has 0 radical (unpaired) electrons. The maximum absolute atomic E-state index is 13.6. The summed E-state index contributed by atoms with van der Waals surface area (Å²) < 4.78 is 42.6. The molecular weight excluding hydrogens is 720 g/mol. The molecular formula is C44H70O12. The van der Waals surface area contributed by atoms with E-state index < -0.39 is 99.8 Å². The van der Waals surface area contributed by atoms with Crippen LogP contribution in [-0.4, -0.2) is 79.4 Å². The molecule has 0 bridgehead atoms. The van der Waals surface area contributed by atoms with Crippen LogP contribution in [0.4, 0.5) is 0 Å². The van der Waals surface area contributed by atoms with Gasteiger partial charge in [-0.05, 0) is 124 Å². The van der Waals surface area contributed by atoms with Crippen molar-refractivity contribution in [2.45, 2.75) is 187 Å². The molecule has 7 atom stereocenters. The molecule has 318 valence electrons. The molecule has 1 saturated heterocycles. The maximum Gasteiger partial charge on any atom is 0.311 e. The number of hydrogen-bond donors (Lipinski definition) is 0. The number of rotatable bonds is 8. The van der Waals surface area contributed by atoms with E-state index in [1.165, 1.54) is 0 Å². The van der Waals surface area contributed by atoms with Crippen LogP contribution >= 0.6 is 0 Å². The molecule has 56 heavy (non-hydrogen) atoms. The molecule has 12 heteroatoms. The topological polar surface area (TPSA) is 150 Å². The van der Waals surface area contributed by atoms with Crippen LogP contribution in [-0.2, 0) is 57.1 Å². The zero-order chi connectivity index (χ0) is 43.6. The summed E-state index contributed by atoms with van der Waals surface area (Å²) in [4.78, 5) is 66.3. The van der Waals surface area contributed by atoms with Crippen LogP contribution in [0.2, 0.25) is 0 Å². The minimum atomic E-state index is -1.44. The first-order valence-electron chi connectivity index (χ1n) is 19.6. The summed E-state index contributed by atoms with van der Waals surface area (Å²) >= 11 is 0. The van der Waals surface area contributed by atoms with Crippen molar-refractivity contribution in [2.75, 3.05) is 6.61 Å². The molecule has 0 aromatic rings. The van der Waals surface area contributed by atoms with Gasteiger partial charge in [-0.1, -0.05) is 31.3 Å². The lowest BCUT2D eigenvalue weighted by atomic mass is 9.71. The van der Waals surface area contributed by atoms with Crippen molar-refractivity contribution >= 4 is 29.8 Å². The quantitative estimate of drug-likeness (QED) is 0.135. The summed E-state index contributed by atoms with van der Waals surface area (Å²) in [6, 6.07) is 0. The Kier molecular flexibility index (Phi) is 15.3. The van der Waals surface area contributed by atoms with E-state index in [1.54, 1.807) is 90.0 Å². The molecule has 0 aromatic carbocycles. The lowest BCUT2D eigenvalue weighted by molar-refractivity contribution is -0.315. The largest absolute Gasteiger partial charge is 0.462 e. The lowest BCUT2D eigenvalue weighted by Gasteiger charge is -2.46. The average molecular weight is 791 g/mol. The van der Waals surface area contributed by atoms with E-state index in [9.17, 15) is 24.0 Å². The Labute approximate surface area is 335 Å². The minimum Gasteiger partial charge on any atom is -0.462 e. The summed E-state index contributed by atoms with van der Waals surface area (Å²) in [5, 5.41) is 0. The van der Waals surface area contributed by atoms with Crippen molar-refractivity contribution in [1.29, 1.82) is 0 Å². The number of allylic oxidation sites excluding steroid dienone is 1. The van der Waals surface area contributed by atoms with Crippen LogP contribution in [0, 0.1) is 44.3 Å². The molecule has 0 unspecified atom stereocenters. The standard InChI is InChI=1S/C44H70O12/c1-25-22-27(52-35(46)40(6,7)8)23-44(18,19)28(25)21-20-26(2)51-33-32(56-38(49)43(15,16)17)31(55-37(48)42(12,13)14)30(54-36(47)41(9,10)11)29(53-33)24-50-34(45)39(3,4)5/h26-27,29-33H,22-24H2,1-19H3/t26-,27-,29-,30-,31+,32-,33-/m1/s1. The Morgan fingerprint density at radius 1 is 0.661 bits per heavy atom. The highest BCUT2D eigenvalue weighted by molar-refractivity contribution is 5.78. The lowest BCUT2D eigenvalue weighted by Crippen LogP contribution is -2.64. The normalized spacial score (nSPS) is 25.2. The maximum atomic E-state index is 13.6. The van der Waals surface area contributed by atoms with Gasteiger partial charge in [0, 0.05) is 17.4 Å². The fourth-order valence-electron chi connectivity index (χ4n) is 5.66. The van der Waals surface area contributed by atoms with Gasteiger partial charge in [0.1, 0.15) is 24.9 Å². The van der Waals surface area contributed by atoms with Crippen molar-refractivity contribution in [1.82, 2.24) is 0 Å². The van der Waals surface area contributed by atoms with Gasteiger partial charge in [-0.15, -0.1) is 0 Å². The second-order valence-corrected chi connectivity index (χ2v) is 21.0. The monoisotopic (exact) mass is 790 g/mol. The zero-order valence-electron chi connectivity index (χ0n) is 37.6. The van der Waals surface area contributed by atoms with E-state index in [0.717, 1.165) is 11.1 Å². The molecule has 12 nitrogen and oxygen atoms in total. The molecule has 1 aliphatic heterocycles. The smallest absolute Gasteiger partial charge is 0.311 e. The van der Waals surface area contributed by atoms with Gasteiger partial charge in [0.15, 0.2) is 18.3 Å². The first-order valence-corrected chi connectivity index (χ1v) is 19.6. The third-order valence-corrected chi connectivity index (χ3v) is 9.15. The van der Waals surface area contributed by atoms with Gasteiger partial charge in [0.2, 0.25) is 6.29 Å². The van der Waals surface area contributed by atoms with Crippen molar-refractivity contribution in [3.63, 3.8) is 0 Å². The Hall–Kier alpha value is -3.43. The predicted octanol–water partition coefficient (Wildman–Crippen LogP) is 7.68. The number of carbonyl (C=O) groups excluding carboxylic acids is 5. The molecule has 2 aliphatic rings. The van der Waals surface area contributed by atoms with Crippen LogP contribution < -0.4 is 0 Å². The third-order valence-electron chi connectivity index (χ3n) is 9.15. The van der Waals surface area contributed by atoms with Crippen molar-refractivity contribution in [3.8, 4) is 11.8 Å². The van der Waals surface area contributed by atoms with E-state index in [1.807, 2.05) is 41.5 Å². The third kappa shape index (κ3) is 13.6. The van der Waals surface area contributed by atoms with Crippen LogP contribution in [0.5, 0.6) is 0 Å². The van der Waals surface area contributed by atoms with Crippen LogP contribution in [0.3, 0.4) is 0 Å². The highest BCUT2D eigenvalue weighted by atomic mass is 16.7. The summed E-state index contributed by atoms with van der Waals surface area (Å²) in [6.45, 7) is 32.9. The predicted molar refractivity (Wildman–Crippen MR) is 210 cm³/mol. The molecule has 1 heterocycles. The SMILES string of the molecule is CC1=C(C#C[C@@H](C)O[C@@H]2O[C@H](COC(=O)C(C)(C)C)[C@@H](OC(=O)C(C)(C)C)[C@H](OC(=O)C(C)(C)C)[C@H]2OC(=O)C(C)(C)C)C(C)(C)C[C@H](OC(=O)C(C)(C)C)C1. The Morgan fingerprint density at radius 3 is 1.50 bits per heavy atom. The Bertz CT molecular complexity index is 1560. The molecule has 0 saturated carbocycles. The van der Waals surface area contributed by atoms with Gasteiger partial charge in [0.05, 0.1) is 27.1 Å². The number of hydrogen-bond acceptors (Lipinski definition) is 12. The first kappa shape index (κ1) is 48.7. The fourth-order valence-corrected chi connectivity index (χ4v) is 5.66. The zero-order valence-corrected chi connectivity index (χ0v) is 37.6. The first-order chi connectivity index (χ1) is 25.1. The number of carbonyl (C=O) groups is 5. The highest BCUT2D eigenvalue weighted by Crippen LogP contribution is 2.42. The number of ether oxygens (including phenoxy) is 7. The Morgan fingerprint density at radius 2 is 1.07 bits per heavy atom. The summed E-state index contributed by atoms with van der Waals surface area (Å²) in [6.07, 6.45) is -6.90. The van der Waals surface area contributed by atoms with E-state index in [-0.39, 0.29) is 12.1 Å². The van der Waals surface area contributed by atoms with Crippen LogP contribution in [0.15, 0.2) is 11.1 Å². The molecule has 0 N–H and O–H groups in total. The molecule has 1 fully saturated rings. The second-order valence-electron chi connectivity index (χ2n) is 21.0. The van der Waals surface area contributed by atoms with Gasteiger partial charge in [0.25, 0.3) is 0 Å². The van der Waals surface area contributed by atoms with Gasteiger partial charge in [-0.25, -0.2) is 0 Å². The van der Waals surface area contributed by atoms with E-state index >= 15 is 0 Å². The van der Waals surface area contributed by atoms with E-state index in [0.29, 0.717) is 12.8 Å². The van der Waals surface area contributed by atoms with Crippen molar-refractivity contribution in [3.05, 3.63) is 11.1 Å². The minimum absolute atomic E-state index is 0.259. The summed E-state index contributed by atoms with van der Waals surface area (Å²) in [5.41, 5.74) is -3.06. The highest BCUT2D eigenvalue weighted by Gasteiger charge is 2.55. The van der Waals surface area contributed by atoms with E-state index in [4.69, 9.17) is 33.2 Å². The molecule has 0 amide bonds. The Balaban J connectivity index is 2.68. The molecule has 0 spiro atoms. The molecule has 2 rings (SSSR count). The van der Waals surface area contributed by atoms with Crippen molar-refractivity contribution in [2.24, 2.45) is 32.5 Å². The average Bonchev–Trinajstić information content (AvgIpc) is 2.99. The summed E-state index contributed by atoms with van der Waals surface area (Å²) in [7, 11) is 0. The summed E-state index contributed by atoms with van der Waals surface area (Å²) in [5.74, 6) is 3.69. The van der Waals surface area contributed by atoms with Crippen LogP contribution in [0.1, 0.15) is 144 Å². The fraction of sp³-hybridized carbons (Fsp3) is 0.795. The second kappa shape index (κ2) is 17.6. The van der Waals surface area contributed by atoms with Gasteiger partial charge in [-0.2, -0.15) is 0 Å². The van der Waals surface area contributed by atoms with Gasteiger partial charge < -0.3 is 33.2 Å². The van der Waals surface area contributed by atoms with Gasteiger partial charge >= 0.3 is 29.8 Å². The van der Waals surface area contributed by atoms with Crippen LogP contribution in [0.25, 0.3) is 0 Å². The molecule has 0 aromatic heterocycles. The molecule has 1 aliphatic carbocycles. The van der Waals surface area contributed by atoms with Crippen molar-refractivity contribution < 1.29 is 57.1 Å². The van der Waals surface area contributed by atoms with E-state index in [2.05, 4.69) is 11.8 Å². The number of esters is 5.